The Hall–Kier alpha value is -4.31. The van der Waals surface area contributed by atoms with Crippen molar-refractivity contribution in [1.29, 1.82) is 5.41 Å². The van der Waals surface area contributed by atoms with Crippen LogP contribution in [0.3, 0.4) is 0 Å². The van der Waals surface area contributed by atoms with Crippen LogP contribution in [0.15, 0.2) is 61.2 Å². The number of hydrogen-bond acceptors (Lipinski definition) is 8. The highest BCUT2D eigenvalue weighted by atomic mass is 19.1. The van der Waals surface area contributed by atoms with E-state index in [1.54, 1.807) is 24.3 Å². The molecular formula is C25H33FN8O. The average molecular weight is 481 g/mol. The zero-order valence-electron chi connectivity index (χ0n) is 19.4. The number of likely N-dealkylation sites (N-methyl/N-ethyl adjacent to an activating group) is 1. The van der Waals surface area contributed by atoms with Gasteiger partial charge in [0.05, 0.1) is 11.3 Å². The standard InChI is InChI=1S/C25H27FN8O.3H2/c1-3-20(35)29-17-7-4-6-16(14-17)22-21(23(26)27)24(28)32-25(31-22)30-18-8-5-9-19(15-18)34-12-10-33(2)11-13-34;;;/h3-9,14-15,27H,1,10-13H2,2H3,(H,29,35)(H3,28,30,31,32);3*1H. The number of nitrogens with zero attached hydrogens (tertiary/aromatic N) is 4. The van der Waals surface area contributed by atoms with Gasteiger partial charge in [-0.1, -0.05) is 24.8 Å². The number of halogens is 1. The minimum absolute atomic E-state index is 0. The highest BCUT2D eigenvalue weighted by Gasteiger charge is 2.20. The number of benzene rings is 2. The van der Waals surface area contributed by atoms with Crippen LogP contribution in [0, 0.1) is 5.41 Å². The molecule has 9 nitrogen and oxygen atoms in total. The molecule has 0 saturated carbocycles. The van der Waals surface area contributed by atoms with Crippen LogP contribution < -0.4 is 21.3 Å². The lowest BCUT2D eigenvalue weighted by Crippen LogP contribution is -2.44. The second kappa shape index (κ2) is 10.3. The average Bonchev–Trinajstić information content (AvgIpc) is 2.84. The normalized spacial score (nSPS) is 13.8. The third-order valence-corrected chi connectivity index (χ3v) is 5.72. The second-order valence-corrected chi connectivity index (χ2v) is 8.21. The van der Waals surface area contributed by atoms with Gasteiger partial charge >= 0.3 is 0 Å². The van der Waals surface area contributed by atoms with Crippen LogP contribution >= 0.6 is 0 Å². The quantitative estimate of drug-likeness (QED) is 0.292. The molecule has 0 radical (unpaired) electrons. The molecule has 0 unspecified atom stereocenters. The first-order chi connectivity index (χ1) is 16.8. The summed E-state index contributed by atoms with van der Waals surface area (Å²) in [5.41, 5.74) is 8.73. The van der Waals surface area contributed by atoms with Gasteiger partial charge in [0.25, 0.3) is 0 Å². The highest BCUT2D eigenvalue weighted by Crippen LogP contribution is 2.30. The van der Waals surface area contributed by atoms with Crippen molar-refractivity contribution < 1.29 is 13.5 Å². The summed E-state index contributed by atoms with van der Waals surface area (Å²) in [6.45, 7) is 7.28. The van der Waals surface area contributed by atoms with Gasteiger partial charge in [-0.05, 0) is 43.5 Å². The molecule has 186 valence electrons. The number of carbonyl (C=O) groups excluding carboxylic acids is 1. The van der Waals surface area contributed by atoms with Crippen LogP contribution in [-0.4, -0.2) is 60.0 Å². The Balaban J connectivity index is 0.00000241. The first kappa shape index (κ1) is 23.8. The number of rotatable bonds is 7. The number of nitrogen functional groups attached to an aromatic ring is 1. The maximum Gasteiger partial charge on any atom is 0.247 e. The van der Waals surface area contributed by atoms with E-state index in [-0.39, 0.29) is 33.2 Å². The minimum atomic E-state index is -1.25. The lowest BCUT2D eigenvalue weighted by atomic mass is 10.1. The predicted molar refractivity (Wildman–Crippen MR) is 144 cm³/mol. The molecule has 1 aliphatic rings. The van der Waals surface area contributed by atoms with Gasteiger partial charge in [0, 0.05) is 53.1 Å². The number of nitrogens with two attached hydrogens (primary N) is 1. The van der Waals surface area contributed by atoms with E-state index in [1.165, 1.54) is 0 Å². The van der Waals surface area contributed by atoms with Crippen molar-refractivity contribution in [2.24, 2.45) is 0 Å². The summed E-state index contributed by atoms with van der Waals surface area (Å²) in [6, 6.07) is 14.5. The topological polar surface area (TPSA) is 123 Å². The van der Waals surface area contributed by atoms with Gasteiger partial charge in [0.2, 0.25) is 17.8 Å². The number of anilines is 5. The molecule has 4 rings (SSSR count). The van der Waals surface area contributed by atoms with Crippen LogP contribution in [0.5, 0.6) is 0 Å². The molecule has 0 aliphatic carbocycles. The molecule has 10 heteroatoms. The first-order valence-electron chi connectivity index (χ1n) is 11.1. The van der Waals surface area contributed by atoms with Gasteiger partial charge in [0.1, 0.15) is 5.82 Å². The minimum Gasteiger partial charge on any atom is -0.383 e. The van der Waals surface area contributed by atoms with Gasteiger partial charge in [-0.2, -0.15) is 9.37 Å². The van der Waals surface area contributed by atoms with Gasteiger partial charge in [-0.3, -0.25) is 10.2 Å². The maximum atomic E-state index is 14.2. The van der Waals surface area contributed by atoms with Crippen LogP contribution in [0.4, 0.5) is 33.2 Å². The van der Waals surface area contributed by atoms with E-state index in [0.29, 0.717) is 11.3 Å². The third kappa shape index (κ3) is 5.61. The Morgan fingerprint density at radius 1 is 1.14 bits per heavy atom. The molecule has 1 aliphatic heterocycles. The molecule has 2 aromatic carbocycles. The van der Waals surface area contributed by atoms with Crippen molar-refractivity contribution in [3.8, 4) is 11.3 Å². The van der Waals surface area contributed by atoms with E-state index in [2.05, 4.69) is 44.0 Å². The Bertz CT molecular complexity index is 1290. The molecule has 0 bridgehead atoms. The van der Waals surface area contributed by atoms with Crippen LogP contribution in [0.2, 0.25) is 0 Å². The number of aromatic nitrogens is 2. The number of amides is 1. The fraction of sp³-hybridized carbons (Fsp3) is 0.200. The summed E-state index contributed by atoms with van der Waals surface area (Å²) >= 11 is 0. The van der Waals surface area contributed by atoms with Gasteiger partial charge in [-0.25, -0.2) is 4.98 Å². The number of hydrogen-bond donors (Lipinski definition) is 4. The SMILES string of the molecule is C=CC(=O)Nc1cccc(-c2nc(Nc3cccc(N4CCN(C)CC4)c3)nc(N)c2C(=N)F)c1.[HH].[HH].[HH]. The second-order valence-electron chi connectivity index (χ2n) is 8.21. The molecule has 1 aromatic heterocycles. The summed E-state index contributed by atoms with van der Waals surface area (Å²) in [5, 5.41) is 13.4. The van der Waals surface area contributed by atoms with Crippen molar-refractivity contribution in [3.05, 3.63) is 66.7 Å². The summed E-state index contributed by atoms with van der Waals surface area (Å²) in [5.74, 6) is -1.63. The number of nitrogens with one attached hydrogen (secondary N) is 3. The molecular weight excluding hydrogens is 447 g/mol. The highest BCUT2D eigenvalue weighted by molar-refractivity contribution is 6.03. The van der Waals surface area contributed by atoms with E-state index in [1.807, 2.05) is 24.3 Å². The predicted octanol–water partition coefficient (Wildman–Crippen LogP) is 4.38. The Morgan fingerprint density at radius 2 is 1.86 bits per heavy atom. The number of piperazine rings is 1. The van der Waals surface area contributed by atoms with Crippen molar-refractivity contribution in [3.63, 3.8) is 0 Å². The van der Waals surface area contributed by atoms with Crippen molar-refractivity contribution in [1.82, 2.24) is 14.9 Å². The first-order valence-corrected chi connectivity index (χ1v) is 11.1. The molecule has 0 atom stereocenters. The van der Waals surface area contributed by atoms with Gasteiger partial charge < -0.3 is 26.2 Å². The third-order valence-electron chi connectivity index (χ3n) is 5.72. The fourth-order valence-electron chi connectivity index (χ4n) is 3.87. The molecule has 1 fully saturated rings. The molecule has 1 saturated heterocycles. The van der Waals surface area contributed by atoms with Crippen LogP contribution in [0.1, 0.15) is 9.84 Å². The van der Waals surface area contributed by atoms with E-state index < -0.39 is 5.97 Å². The summed E-state index contributed by atoms with van der Waals surface area (Å²) in [7, 11) is 2.11. The fourth-order valence-corrected chi connectivity index (χ4v) is 3.87. The number of carbonyl (C=O) groups is 1. The zero-order valence-corrected chi connectivity index (χ0v) is 19.4. The van der Waals surface area contributed by atoms with E-state index in [9.17, 15) is 9.18 Å². The van der Waals surface area contributed by atoms with Crippen molar-refractivity contribution >= 4 is 40.7 Å². The molecule has 1 amide bonds. The lowest BCUT2D eigenvalue weighted by Gasteiger charge is -2.34. The molecule has 3 aromatic rings. The van der Waals surface area contributed by atoms with Crippen molar-refractivity contribution in [2.75, 3.05) is 54.5 Å². The Kier molecular flexibility index (Phi) is 7.02. The monoisotopic (exact) mass is 480 g/mol. The summed E-state index contributed by atoms with van der Waals surface area (Å²) in [4.78, 5) is 24.9. The molecule has 2 heterocycles. The lowest BCUT2D eigenvalue weighted by molar-refractivity contribution is -0.111. The van der Waals surface area contributed by atoms with Crippen LogP contribution in [-0.2, 0) is 4.79 Å². The molecule has 5 N–H and O–H groups in total. The Labute approximate surface area is 207 Å². The summed E-state index contributed by atoms with van der Waals surface area (Å²) < 4.78 is 14.2. The maximum absolute atomic E-state index is 14.2. The molecule has 0 spiro atoms. The van der Waals surface area contributed by atoms with Gasteiger partial charge in [0.15, 0.2) is 0 Å². The van der Waals surface area contributed by atoms with Crippen LogP contribution in [0.25, 0.3) is 11.3 Å². The van der Waals surface area contributed by atoms with Gasteiger partial charge in [-0.15, -0.1) is 0 Å². The Morgan fingerprint density at radius 3 is 2.57 bits per heavy atom. The van der Waals surface area contributed by atoms with Crippen molar-refractivity contribution in [2.45, 2.75) is 0 Å². The molecule has 35 heavy (non-hydrogen) atoms. The van der Waals surface area contributed by atoms with E-state index in [0.717, 1.165) is 43.6 Å². The van der Waals surface area contributed by atoms with E-state index in [4.69, 9.17) is 11.1 Å². The smallest absolute Gasteiger partial charge is 0.247 e. The zero-order chi connectivity index (χ0) is 24.9. The van der Waals surface area contributed by atoms with E-state index >= 15 is 0 Å². The summed E-state index contributed by atoms with van der Waals surface area (Å²) in [6.07, 6.45) is 1.15. The largest absolute Gasteiger partial charge is 0.383 e.